The summed E-state index contributed by atoms with van der Waals surface area (Å²) in [6, 6.07) is -0.674. The Kier molecular flexibility index (Phi) is 5.54. The van der Waals surface area contributed by atoms with E-state index in [-0.39, 0.29) is 6.04 Å². The minimum absolute atomic E-state index is 0.164. The maximum atomic E-state index is 11.9. The zero-order valence-electron chi connectivity index (χ0n) is 11.6. The van der Waals surface area contributed by atoms with Gasteiger partial charge in [0.15, 0.2) is 0 Å². The highest BCUT2D eigenvalue weighted by molar-refractivity contribution is 5.96. The Morgan fingerprint density at radius 3 is 2.63 bits per heavy atom. The third-order valence-corrected chi connectivity index (χ3v) is 2.84. The summed E-state index contributed by atoms with van der Waals surface area (Å²) in [5, 5.41) is 15.6. The fourth-order valence-corrected chi connectivity index (χ4v) is 1.64. The van der Waals surface area contributed by atoms with Crippen LogP contribution in [0.2, 0.25) is 0 Å². The summed E-state index contributed by atoms with van der Waals surface area (Å²) in [5.41, 5.74) is 0.386. The van der Waals surface area contributed by atoms with Crippen molar-refractivity contribution in [2.45, 2.75) is 52.1 Å². The predicted molar refractivity (Wildman–Crippen MR) is 71.0 cm³/mol. The predicted octanol–water partition coefficient (Wildman–Crippen LogP) is 1.84. The molecule has 106 valence electrons. The van der Waals surface area contributed by atoms with Gasteiger partial charge in [-0.15, -0.1) is 0 Å². The zero-order chi connectivity index (χ0) is 14.4. The highest BCUT2D eigenvalue weighted by Crippen LogP contribution is 2.07. The molecule has 0 fully saturated rings. The molecule has 0 aliphatic carbocycles. The van der Waals surface area contributed by atoms with Crippen LogP contribution in [0.1, 0.15) is 56.4 Å². The number of carbonyl (C=O) groups is 2. The molecular weight excluding hydrogens is 246 g/mol. The highest BCUT2D eigenvalue weighted by Gasteiger charge is 2.20. The van der Waals surface area contributed by atoms with Crippen LogP contribution in [0.3, 0.4) is 0 Å². The van der Waals surface area contributed by atoms with Gasteiger partial charge in [0, 0.05) is 12.2 Å². The first-order valence-corrected chi connectivity index (χ1v) is 6.53. The van der Waals surface area contributed by atoms with E-state index in [0.29, 0.717) is 12.0 Å². The Balaban J connectivity index is 2.67. The van der Waals surface area contributed by atoms with Crippen LogP contribution in [0.25, 0.3) is 0 Å². The number of nitrogens with zero attached hydrogens (tertiary/aromatic N) is 2. The standard InChI is InChI=1S/C13H21N3O3/c1-4-5-6-11(13(18)19)15-12(17)10-7-14-16(8-10)9(2)3/h7-9,11H,4-6H2,1-3H3,(H,15,17)(H,18,19). The van der Waals surface area contributed by atoms with Crippen LogP contribution in [0.15, 0.2) is 12.4 Å². The van der Waals surface area contributed by atoms with E-state index in [4.69, 9.17) is 5.11 Å². The van der Waals surface area contributed by atoms with Crippen molar-refractivity contribution in [2.75, 3.05) is 0 Å². The third kappa shape index (κ3) is 4.39. The van der Waals surface area contributed by atoms with E-state index in [1.165, 1.54) is 6.20 Å². The van der Waals surface area contributed by atoms with Gasteiger partial charge in [-0.25, -0.2) is 4.79 Å². The first kappa shape index (κ1) is 15.2. The van der Waals surface area contributed by atoms with Crippen molar-refractivity contribution >= 4 is 11.9 Å². The lowest BCUT2D eigenvalue weighted by Crippen LogP contribution is -2.40. The monoisotopic (exact) mass is 267 g/mol. The number of hydrogen-bond donors (Lipinski definition) is 2. The van der Waals surface area contributed by atoms with E-state index in [1.54, 1.807) is 10.9 Å². The van der Waals surface area contributed by atoms with Gasteiger partial charge in [-0.05, 0) is 20.3 Å². The van der Waals surface area contributed by atoms with Crippen molar-refractivity contribution in [1.29, 1.82) is 0 Å². The van der Waals surface area contributed by atoms with Crippen LogP contribution in [0.5, 0.6) is 0 Å². The van der Waals surface area contributed by atoms with Gasteiger partial charge in [0.25, 0.3) is 5.91 Å². The van der Waals surface area contributed by atoms with Gasteiger partial charge in [0.1, 0.15) is 6.04 Å². The normalized spacial score (nSPS) is 12.4. The molecule has 1 atom stereocenters. The van der Waals surface area contributed by atoms with E-state index in [0.717, 1.165) is 12.8 Å². The molecule has 6 nitrogen and oxygen atoms in total. The number of rotatable bonds is 7. The summed E-state index contributed by atoms with van der Waals surface area (Å²) >= 11 is 0. The summed E-state index contributed by atoms with van der Waals surface area (Å²) in [6.45, 7) is 5.89. The second-order valence-electron chi connectivity index (χ2n) is 4.81. The van der Waals surface area contributed by atoms with Gasteiger partial charge in [0.05, 0.1) is 11.8 Å². The number of carboxylic acid groups (broad SMARTS) is 1. The van der Waals surface area contributed by atoms with Crippen molar-refractivity contribution in [3.05, 3.63) is 18.0 Å². The maximum absolute atomic E-state index is 11.9. The molecule has 0 spiro atoms. The van der Waals surface area contributed by atoms with E-state index in [2.05, 4.69) is 10.4 Å². The van der Waals surface area contributed by atoms with Crippen LogP contribution in [-0.2, 0) is 4.79 Å². The number of hydrogen-bond acceptors (Lipinski definition) is 3. The summed E-state index contributed by atoms with van der Waals surface area (Å²) in [4.78, 5) is 23.0. The quantitative estimate of drug-likeness (QED) is 0.789. The third-order valence-electron chi connectivity index (χ3n) is 2.84. The Hall–Kier alpha value is -1.85. The molecule has 6 heteroatoms. The van der Waals surface area contributed by atoms with Gasteiger partial charge in [-0.1, -0.05) is 19.8 Å². The van der Waals surface area contributed by atoms with Crippen LogP contribution in [-0.4, -0.2) is 32.8 Å². The molecule has 1 unspecified atom stereocenters. The second kappa shape index (κ2) is 6.92. The Morgan fingerprint density at radius 1 is 1.47 bits per heavy atom. The fraction of sp³-hybridized carbons (Fsp3) is 0.615. The van der Waals surface area contributed by atoms with Gasteiger partial charge in [0.2, 0.25) is 0 Å². The van der Waals surface area contributed by atoms with E-state index in [9.17, 15) is 9.59 Å². The number of carboxylic acids is 1. The minimum Gasteiger partial charge on any atom is -0.480 e. The lowest BCUT2D eigenvalue weighted by Gasteiger charge is -2.13. The molecule has 2 N–H and O–H groups in total. The summed E-state index contributed by atoms with van der Waals surface area (Å²) in [7, 11) is 0. The molecule has 0 aromatic carbocycles. The number of aromatic nitrogens is 2. The Morgan fingerprint density at radius 2 is 2.16 bits per heavy atom. The molecule has 0 saturated carbocycles. The smallest absolute Gasteiger partial charge is 0.326 e. The molecule has 0 aliphatic heterocycles. The second-order valence-corrected chi connectivity index (χ2v) is 4.81. The number of amides is 1. The first-order chi connectivity index (χ1) is 8.95. The lowest BCUT2D eigenvalue weighted by atomic mass is 10.1. The summed E-state index contributed by atoms with van der Waals surface area (Å²) in [6.07, 6.45) is 5.18. The van der Waals surface area contributed by atoms with Crippen molar-refractivity contribution < 1.29 is 14.7 Å². The molecule has 1 rings (SSSR count). The molecule has 0 aliphatic rings. The molecule has 0 saturated heterocycles. The van der Waals surface area contributed by atoms with E-state index >= 15 is 0 Å². The lowest BCUT2D eigenvalue weighted by molar-refractivity contribution is -0.139. The average molecular weight is 267 g/mol. The van der Waals surface area contributed by atoms with Crippen molar-refractivity contribution in [2.24, 2.45) is 0 Å². The summed E-state index contributed by atoms with van der Waals surface area (Å²) < 4.78 is 1.66. The van der Waals surface area contributed by atoms with E-state index in [1.807, 2.05) is 20.8 Å². The van der Waals surface area contributed by atoms with Crippen LogP contribution in [0, 0.1) is 0 Å². The number of carbonyl (C=O) groups excluding carboxylic acids is 1. The highest BCUT2D eigenvalue weighted by atomic mass is 16.4. The van der Waals surface area contributed by atoms with Crippen molar-refractivity contribution in [3.63, 3.8) is 0 Å². The molecule has 0 bridgehead atoms. The van der Waals surface area contributed by atoms with Crippen LogP contribution >= 0.6 is 0 Å². The number of aliphatic carboxylic acids is 1. The van der Waals surface area contributed by atoms with Crippen LogP contribution < -0.4 is 5.32 Å². The Labute approximate surface area is 112 Å². The van der Waals surface area contributed by atoms with E-state index < -0.39 is 17.9 Å². The Bertz CT molecular complexity index is 440. The zero-order valence-corrected chi connectivity index (χ0v) is 11.6. The van der Waals surface area contributed by atoms with Crippen molar-refractivity contribution in [3.8, 4) is 0 Å². The molecule has 1 heterocycles. The molecular formula is C13H21N3O3. The van der Waals surface area contributed by atoms with Gasteiger partial charge in [-0.2, -0.15) is 5.10 Å². The summed E-state index contributed by atoms with van der Waals surface area (Å²) in [5.74, 6) is -1.39. The first-order valence-electron chi connectivity index (χ1n) is 6.53. The molecule has 19 heavy (non-hydrogen) atoms. The number of nitrogens with one attached hydrogen (secondary N) is 1. The molecule has 1 amide bonds. The molecule has 0 radical (unpaired) electrons. The SMILES string of the molecule is CCCCC(NC(=O)c1cnn(C(C)C)c1)C(=O)O. The fourth-order valence-electron chi connectivity index (χ4n) is 1.64. The largest absolute Gasteiger partial charge is 0.480 e. The molecule has 1 aromatic rings. The number of unbranched alkanes of at least 4 members (excludes halogenated alkanes) is 1. The van der Waals surface area contributed by atoms with Crippen molar-refractivity contribution in [1.82, 2.24) is 15.1 Å². The average Bonchev–Trinajstić information content (AvgIpc) is 2.83. The van der Waals surface area contributed by atoms with Gasteiger partial charge < -0.3 is 10.4 Å². The molecule has 1 aromatic heterocycles. The minimum atomic E-state index is -1.00. The topological polar surface area (TPSA) is 84.2 Å². The van der Waals surface area contributed by atoms with Gasteiger partial charge in [-0.3, -0.25) is 9.48 Å². The van der Waals surface area contributed by atoms with Gasteiger partial charge >= 0.3 is 5.97 Å². The maximum Gasteiger partial charge on any atom is 0.326 e. The van der Waals surface area contributed by atoms with Crippen LogP contribution in [0.4, 0.5) is 0 Å².